The van der Waals surface area contributed by atoms with Crippen LogP contribution in [-0.4, -0.2) is 20.4 Å². The molecule has 0 radical (unpaired) electrons. The first-order chi connectivity index (χ1) is 12.9. The molecule has 0 aliphatic rings. The molecule has 1 N–H and O–H groups in total. The first-order valence-corrected chi connectivity index (χ1v) is 8.35. The Balaban J connectivity index is 1.77. The molecule has 0 fully saturated rings. The molecule has 0 aliphatic carbocycles. The molecule has 8 nitrogen and oxygen atoms in total. The minimum atomic E-state index is -0.486. The second-order valence-corrected chi connectivity index (χ2v) is 6.29. The van der Waals surface area contributed by atoms with Gasteiger partial charge in [-0.15, -0.1) is 0 Å². The number of para-hydroxylation sites is 1. The number of hydrogen-bond acceptors (Lipinski definition) is 5. The van der Waals surface area contributed by atoms with E-state index in [0.29, 0.717) is 16.5 Å². The SMILES string of the molecule is Cc1cccc2c(=O)n(CC(=O)NC(C)c3cccc([N+](=O)[O-])c3)cnc12. The van der Waals surface area contributed by atoms with Crippen LogP contribution in [0.4, 0.5) is 5.69 Å². The summed E-state index contributed by atoms with van der Waals surface area (Å²) in [5.41, 5.74) is 1.78. The Morgan fingerprint density at radius 3 is 2.78 bits per heavy atom. The van der Waals surface area contributed by atoms with E-state index in [1.54, 1.807) is 31.2 Å². The van der Waals surface area contributed by atoms with E-state index >= 15 is 0 Å². The van der Waals surface area contributed by atoms with Crippen LogP contribution in [0.3, 0.4) is 0 Å². The van der Waals surface area contributed by atoms with Gasteiger partial charge in [-0.2, -0.15) is 0 Å². The second kappa shape index (κ2) is 7.36. The summed E-state index contributed by atoms with van der Waals surface area (Å²) in [6, 6.07) is 10.9. The fourth-order valence-electron chi connectivity index (χ4n) is 2.88. The highest BCUT2D eigenvalue weighted by atomic mass is 16.6. The van der Waals surface area contributed by atoms with Gasteiger partial charge in [0.15, 0.2) is 0 Å². The van der Waals surface area contributed by atoms with Crippen LogP contribution in [0.1, 0.15) is 24.1 Å². The summed E-state index contributed by atoms with van der Waals surface area (Å²) < 4.78 is 1.25. The molecular formula is C19H18N4O4. The number of aryl methyl sites for hydroxylation is 1. The van der Waals surface area contributed by atoms with Crippen molar-refractivity contribution in [3.05, 3.63) is 80.4 Å². The maximum atomic E-state index is 12.6. The van der Waals surface area contributed by atoms with Gasteiger partial charge in [0, 0.05) is 12.1 Å². The molecule has 1 heterocycles. The number of aromatic nitrogens is 2. The fraction of sp³-hybridized carbons (Fsp3) is 0.211. The molecule has 138 valence electrons. The summed E-state index contributed by atoms with van der Waals surface area (Å²) >= 11 is 0. The number of carbonyl (C=O) groups excluding carboxylic acids is 1. The number of hydrogen-bond donors (Lipinski definition) is 1. The zero-order valence-electron chi connectivity index (χ0n) is 14.9. The summed E-state index contributed by atoms with van der Waals surface area (Å²) in [4.78, 5) is 39.6. The van der Waals surface area contributed by atoms with E-state index in [2.05, 4.69) is 10.3 Å². The zero-order valence-corrected chi connectivity index (χ0v) is 14.9. The lowest BCUT2D eigenvalue weighted by Crippen LogP contribution is -2.34. The van der Waals surface area contributed by atoms with Crippen LogP contribution in [0, 0.1) is 17.0 Å². The van der Waals surface area contributed by atoms with Crippen LogP contribution >= 0.6 is 0 Å². The Labute approximate surface area is 154 Å². The number of rotatable bonds is 5. The zero-order chi connectivity index (χ0) is 19.6. The van der Waals surface area contributed by atoms with E-state index in [1.165, 1.54) is 23.0 Å². The number of amides is 1. The number of nitro benzene ring substituents is 1. The average Bonchev–Trinajstić information content (AvgIpc) is 2.64. The number of nitrogens with one attached hydrogen (secondary N) is 1. The van der Waals surface area contributed by atoms with Crippen molar-refractivity contribution < 1.29 is 9.72 Å². The van der Waals surface area contributed by atoms with Crippen molar-refractivity contribution in [1.82, 2.24) is 14.9 Å². The number of non-ortho nitro benzene ring substituents is 1. The van der Waals surface area contributed by atoms with E-state index < -0.39 is 11.0 Å². The van der Waals surface area contributed by atoms with Crippen LogP contribution in [0.2, 0.25) is 0 Å². The molecule has 1 amide bonds. The monoisotopic (exact) mass is 366 g/mol. The molecule has 0 saturated heterocycles. The molecule has 1 aromatic heterocycles. The summed E-state index contributed by atoms with van der Waals surface area (Å²) in [6.45, 7) is 3.41. The smallest absolute Gasteiger partial charge is 0.269 e. The first-order valence-electron chi connectivity index (χ1n) is 8.35. The minimum absolute atomic E-state index is 0.0427. The number of benzene rings is 2. The summed E-state index contributed by atoms with van der Waals surface area (Å²) in [6.07, 6.45) is 1.36. The summed E-state index contributed by atoms with van der Waals surface area (Å²) in [5, 5.41) is 14.1. The van der Waals surface area contributed by atoms with Gasteiger partial charge in [-0.1, -0.05) is 24.3 Å². The highest BCUT2D eigenvalue weighted by Gasteiger charge is 2.15. The highest BCUT2D eigenvalue weighted by molar-refractivity contribution is 5.81. The molecule has 2 aromatic carbocycles. The Kier molecular flexibility index (Phi) is 4.98. The highest BCUT2D eigenvalue weighted by Crippen LogP contribution is 2.19. The lowest BCUT2D eigenvalue weighted by Gasteiger charge is -2.15. The molecule has 27 heavy (non-hydrogen) atoms. The van der Waals surface area contributed by atoms with E-state index in [1.807, 2.05) is 13.0 Å². The van der Waals surface area contributed by atoms with Crippen molar-refractivity contribution in [2.24, 2.45) is 0 Å². The third-order valence-electron chi connectivity index (χ3n) is 4.33. The number of fused-ring (bicyclic) bond motifs is 1. The quantitative estimate of drug-likeness (QED) is 0.551. The lowest BCUT2D eigenvalue weighted by atomic mass is 10.1. The van der Waals surface area contributed by atoms with E-state index in [4.69, 9.17) is 0 Å². The standard InChI is InChI=1S/C19H18N4O4/c1-12-5-3-8-16-18(12)20-11-22(19(16)25)10-17(24)21-13(2)14-6-4-7-15(9-14)23(26)27/h3-9,11,13H,10H2,1-2H3,(H,21,24). The molecule has 0 aliphatic heterocycles. The number of nitrogens with zero attached hydrogens (tertiary/aromatic N) is 3. The molecule has 1 atom stereocenters. The maximum absolute atomic E-state index is 12.6. The topological polar surface area (TPSA) is 107 Å². The molecule has 3 rings (SSSR count). The third-order valence-corrected chi connectivity index (χ3v) is 4.33. The van der Waals surface area contributed by atoms with Gasteiger partial charge in [-0.25, -0.2) is 4.98 Å². The molecule has 1 unspecified atom stereocenters. The molecule has 0 spiro atoms. The Morgan fingerprint density at radius 2 is 2.04 bits per heavy atom. The van der Waals surface area contributed by atoms with Gasteiger partial charge in [0.1, 0.15) is 6.54 Å². The molecule has 0 saturated carbocycles. The van der Waals surface area contributed by atoms with Crippen molar-refractivity contribution in [3.8, 4) is 0 Å². The van der Waals surface area contributed by atoms with Gasteiger partial charge in [0.2, 0.25) is 5.91 Å². The predicted molar refractivity (Wildman–Crippen MR) is 100 cm³/mol. The Bertz CT molecular complexity index is 1090. The normalized spacial score (nSPS) is 11.9. The minimum Gasteiger partial charge on any atom is -0.348 e. The van der Waals surface area contributed by atoms with Crippen LogP contribution in [0.5, 0.6) is 0 Å². The summed E-state index contributed by atoms with van der Waals surface area (Å²) in [5.74, 6) is -0.384. The van der Waals surface area contributed by atoms with Gasteiger partial charge < -0.3 is 5.32 Å². The van der Waals surface area contributed by atoms with Crippen LogP contribution < -0.4 is 10.9 Å². The van der Waals surface area contributed by atoms with Gasteiger partial charge in [0.05, 0.1) is 28.2 Å². The van der Waals surface area contributed by atoms with E-state index in [9.17, 15) is 19.7 Å². The molecule has 8 heteroatoms. The molecular weight excluding hydrogens is 348 g/mol. The van der Waals surface area contributed by atoms with Gasteiger partial charge in [-0.05, 0) is 31.0 Å². The summed E-state index contributed by atoms with van der Waals surface area (Å²) in [7, 11) is 0. The number of nitro groups is 1. The van der Waals surface area contributed by atoms with Gasteiger partial charge >= 0.3 is 0 Å². The van der Waals surface area contributed by atoms with E-state index in [0.717, 1.165) is 5.56 Å². The van der Waals surface area contributed by atoms with Crippen molar-refractivity contribution in [2.75, 3.05) is 0 Å². The lowest BCUT2D eigenvalue weighted by molar-refractivity contribution is -0.384. The average molecular weight is 366 g/mol. The third kappa shape index (κ3) is 3.84. The predicted octanol–water partition coefficient (Wildman–Crippen LogP) is 2.49. The van der Waals surface area contributed by atoms with Crippen molar-refractivity contribution in [3.63, 3.8) is 0 Å². The first kappa shape index (κ1) is 18.2. The van der Waals surface area contributed by atoms with Crippen LogP contribution in [0.25, 0.3) is 10.9 Å². The Hall–Kier alpha value is -3.55. The Morgan fingerprint density at radius 1 is 1.30 bits per heavy atom. The largest absolute Gasteiger partial charge is 0.348 e. The van der Waals surface area contributed by atoms with Gasteiger partial charge in [0.25, 0.3) is 11.2 Å². The number of carbonyl (C=O) groups is 1. The molecule has 0 bridgehead atoms. The maximum Gasteiger partial charge on any atom is 0.269 e. The van der Waals surface area contributed by atoms with Gasteiger partial charge in [-0.3, -0.25) is 24.3 Å². The van der Waals surface area contributed by atoms with Crippen LogP contribution in [-0.2, 0) is 11.3 Å². The van der Waals surface area contributed by atoms with Crippen molar-refractivity contribution in [1.29, 1.82) is 0 Å². The van der Waals surface area contributed by atoms with Crippen LogP contribution in [0.15, 0.2) is 53.6 Å². The van der Waals surface area contributed by atoms with Crippen molar-refractivity contribution in [2.45, 2.75) is 26.4 Å². The second-order valence-electron chi connectivity index (χ2n) is 6.29. The van der Waals surface area contributed by atoms with E-state index in [-0.39, 0.29) is 23.7 Å². The van der Waals surface area contributed by atoms with Crippen molar-refractivity contribution >= 4 is 22.5 Å². The molecule has 3 aromatic rings. The fourth-order valence-corrected chi connectivity index (χ4v) is 2.88.